The Labute approximate surface area is 144 Å². The minimum Gasteiger partial charge on any atom is -0.384 e. The topological polar surface area (TPSA) is 67.2 Å². The molecule has 0 aliphatic rings. The monoisotopic (exact) mass is 339 g/mol. The third-order valence-corrected chi connectivity index (χ3v) is 3.88. The van der Waals surface area contributed by atoms with Crippen molar-refractivity contribution in [1.82, 2.24) is 15.1 Å². The molecule has 2 N–H and O–H groups in total. The van der Waals surface area contributed by atoms with Gasteiger partial charge in [-0.05, 0) is 36.8 Å². The minimum atomic E-state index is -1.19. The van der Waals surface area contributed by atoms with E-state index in [9.17, 15) is 14.3 Å². The molecule has 1 amide bonds. The van der Waals surface area contributed by atoms with Crippen molar-refractivity contribution in [3.05, 3.63) is 83.9 Å². The van der Waals surface area contributed by atoms with E-state index in [1.807, 2.05) is 18.2 Å². The van der Waals surface area contributed by atoms with Crippen LogP contribution in [0.5, 0.6) is 0 Å². The summed E-state index contributed by atoms with van der Waals surface area (Å²) in [6.45, 7) is 1.68. The van der Waals surface area contributed by atoms with Crippen molar-refractivity contribution in [2.75, 3.05) is 6.54 Å². The Hall–Kier alpha value is -2.99. The fourth-order valence-corrected chi connectivity index (χ4v) is 2.45. The van der Waals surface area contributed by atoms with Crippen LogP contribution in [0.3, 0.4) is 0 Å². The average molecular weight is 339 g/mol. The van der Waals surface area contributed by atoms with Gasteiger partial charge >= 0.3 is 0 Å². The van der Waals surface area contributed by atoms with Gasteiger partial charge in [-0.1, -0.05) is 36.4 Å². The molecule has 1 unspecified atom stereocenters. The van der Waals surface area contributed by atoms with Gasteiger partial charge in [0.15, 0.2) is 5.69 Å². The average Bonchev–Trinajstić information content (AvgIpc) is 3.11. The summed E-state index contributed by atoms with van der Waals surface area (Å²) in [6, 6.07) is 16.6. The Morgan fingerprint density at radius 1 is 1.20 bits per heavy atom. The van der Waals surface area contributed by atoms with Gasteiger partial charge in [0.05, 0.1) is 12.2 Å². The Bertz CT molecular complexity index is 875. The number of amides is 1. The van der Waals surface area contributed by atoms with Gasteiger partial charge in [0.1, 0.15) is 11.4 Å². The fraction of sp³-hybridized carbons (Fsp3) is 0.158. The van der Waals surface area contributed by atoms with E-state index in [0.717, 1.165) is 0 Å². The van der Waals surface area contributed by atoms with E-state index in [0.29, 0.717) is 11.3 Å². The lowest BCUT2D eigenvalue weighted by Crippen LogP contribution is -2.38. The number of carbonyl (C=O) groups is 1. The Morgan fingerprint density at radius 2 is 1.96 bits per heavy atom. The molecule has 3 rings (SSSR count). The van der Waals surface area contributed by atoms with Gasteiger partial charge < -0.3 is 10.4 Å². The number of hydrogen-bond acceptors (Lipinski definition) is 3. The zero-order chi connectivity index (χ0) is 17.9. The highest BCUT2D eigenvalue weighted by atomic mass is 19.1. The molecule has 0 bridgehead atoms. The third kappa shape index (κ3) is 3.92. The zero-order valence-corrected chi connectivity index (χ0v) is 13.7. The van der Waals surface area contributed by atoms with Crippen LogP contribution in [-0.2, 0) is 5.60 Å². The highest BCUT2D eigenvalue weighted by Crippen LogP contribution is 2.19. The lowest BCUT2D eigenvalue weighted by molar-refractivity contribution is 0.0525. The van der Waals surface area contributed by atoms with E-state index >= 15 is 0 Å². The van der Waals surface area contributed by atoms with Gasteiger partial charge in [-0.15, -0.1) is 0 Å². The highest BCUT2D eigenvalue weighted by molar-refractivity contribution is 5.92. The number of benzene rings is 2. The van der Waals surface area contributed by atoms with Gasteiger partial charge in [0.2, 0.25) is 0 Å². The molecule has 1 atom stereocenters. The predicted molar refractivity (Wildman–Crippen MR) is 91.9 cm³/mol. The number of rotatable bonds is 5. The number of carbonyl (C=O) groups excluding carboxylic acids is 1. The molecule has 1 aromatic heterocycles. The third-order valence-electron chi connectivity index (χ3n) is 3.88. The van der Waals surface area contributed by atoms with E-state index in [4.69, 9.17) is 0 Å². The molecule has 25 heavy (non-hydrogen) atoms. The molecule has 5 nitrogen and oxygen atoms in total. The van der Waals surface area contributed by atoms with Crippen molar-refractivity contribution in [3.8, 4) is 5.69 Å². The van der Waals surface area contributed by atoms with Crippen LogP contribution in [0.15, 0.2) is 66.9 Å². The molecule has 0 aliphatic carbocycles. The second-order valence-electron chi connectivity index (χ2n) is 5.95. The number of halogens is 1. The molecule has 2 aromatic carbocycles. The summed E-state index contributed by atoms with van der Waals surface area (Å²) in [5.74, 6) is -0.788. The van der Waals surface area contributed by atoms with Gasteiger partial charge in [-0.3, -0.25) is 4.79 Å². The van der Waals surface area contributed by atoms with Crippen LogP contribution in [0.4, 0.5) is 4.39 Å². The first kappa shape index (κ1) is 16.9. The van der Waals surface area contributed by atoms with Crippen LogP contribution in [-0.4, -0.2) is 27.3 Å². The van der Waals surface area contributed by atoms with Gasteiger partial charge in [0.25, 0.3) is 5.91 Å². The second-order valence-corrected chi connectivity index (χ2v) is 5.95. The summed E-state index contributed by atoms with van der Waals surface area (Å²) in [6.07, 6.45) is 1.58. The maximum atomic E-state index is 13.3. The van der Waals surface area contributed by atoms with Crippen molar-refractivity contribution >= 4 is 5.91 Å². The quantitative estimate of drug-likeness (QED) is 0.751. The van der Waals surface area contributed by atoms with Gasteiger partial charge in [-0.2, -0.15) is 5.10 Å². The van der Waals surface area contributed by atoms with Crippen LogP contribution >= 0.6 is 0 Å². The molecule has 6 heteroatoms. The number of aliphatic hydroxyl groups is 1. The van der Waals surface area contributed by atoms with E-state index in [2.05, 4.69) is 10.4 Å². The van der Waals surface area contributed by atoms with Gasteiger partial charge in [0, 0.05) is 6.20 Å². The molecular formula is C19H18FN3O2. The Kier molecular flexibility index (Phi) is 4.63. The highest BCUT2D eigenvalue weighted by Gasteiger charge is 2.24. The maximum Gasteiger partial charge on any atom is 0.271 e. The maximum absolute atomic E-state index is 13.3. The van der Waals surface area contributed by atoms with E-state index < -0.39 is 11.5 Å². The number of aromatic nitrogens is 2. The first-order valence-corrected chi connectivity index (χ1v) is 7.83. The van der Waals surface area contributed by atoms with Crippen molar-refractivity contribution in [3.63, 3.8) is 0 Å². The summed E-state index contributed by atoms with van der Waals surface area (Å²) in [5, 5.41) is 17.3. The van der Waals surface area contributed by atoms with Gasteiger partial charge in [-0.25, -0.2) is 9.07 Å². The normalized spacial score (nSPS) is 13.2. The van der Waals surface area contributed by atoms with Crippen LogP contribution in [0.25, 0.3) is 5.69 Å². The number of nitrogens with zero attached hydrogens (tertiary/aromatic N) is 2. The van der Waals surface area contributed by atoms with E-state index in [-0.39, 0.29) is 18.1 Å². The molecule has 128 valence electrons. The molecule has 0 saturated heterocycles. The first-order valence-electron chi connectivity index (χ1n) is 7.83. The lowest BCUT2D eigenvalue weighted by Gasteiger charge is -2.24. The standard InChI is InChI=1S/C19H18FN3O2/c1-19(25,14-6-3-2-4-7-14)13-21-18(24)17-10-11-23(22-17)16-9-5-8-15(20)12-16/h2-12,25H,13H2,1H3,(H,21,24). The predicted octanol–water partition coefficient (Wildman–Crippen LogP) is 2.65. The first-order chi connectivity index (χ1) is 12.0. The molecule has 0 radical (unpaired) electrons. The lowest BCUT2D eigenvalue weighted by atomic mass is 9.96. The summed E-state index contributed by atoms with van der Waals surface area (Å²) in [5.41, 5.74) is 0.228. The Morgan fingerprint density at radius 3 is 2.68 bits per heavy atom. The molecule has 0 spiro atoms. The van der Waals surface area contributed by atoms with E-state index in [1.54, 1.807) is 37.4 Å². The summed E-state index contributed by atoms with van der Waals surface area (Å²) in [4.78, 5) is 12.3. The molecule has 1 heterocycles. The van der Waals surface area contributed by atoms with Crippen LogP contribution in [0.1, 0.15) is 23.0 Å². The number of hydrogen-bond donors (Lipinski definition) is 2. The Balaban J connectivity index is 1.68. The van der Waals surface area contributed by atoms with Crippen molar-refractivity contribution < 1.29 is 14.3 Å². The van der Waals surface area contributed by atoms with Crippen LogP contribution < -0.4 is 5.32 Å². The molecule has 0 fully saturated rings. The molecule has 0 aliphatic heterocycles. The smallest absolute Gasteiger partial charge is 0.271 e. The van der Waals surface area contributed by atoms with Crippen molar-refractivity contribution in [2.24, 2.45) is 0 Å². The summed E-state index contributed by atoms with van der Waals surface area (Å²) in [7, 11) is 0. The van der Waals surface area contributed by atoms with Crippen molar-refractivity contribution in [1.29, 1.82) is 0 Å². The van der Waals surface area contributed by atoms with Crippen molar-refractivity contribution in [2.45, 2.75) is 12.5 Å². The summed E-state index contributed by atoms with van der Waals surface area (Å²) >= 11 is 0. The van der Waals surface area contributed by atoms with E-state index in [1.165, 1.54) is 22.9 Å². The largest absolute Gasteiger partial charge is 0.384 e. The minimum absolute atomic E-state index is 0.0443. The fourth-order valence-electron chi connectivity index (χ4n) is 2.45. The molecular weight excluding hydrogens is 321 g/mol. The molecule has 3 aromatic rings. The number of nitrogens with one attached hydrogen (secondary N) is 1. The SMILES string of the molecule is CC(O)(CNC(=O)c1ccn(-c2cccc(F)c2)n1)c1ccccc1. The van der Waals surface area contributed by atoms with Crippen LogP contribution in [0, 0.1) is 5.82 Å². The summed E-state index contributed by atoms with van der Waals surface area (Å²) < 4.78 is 14.7. The van der Waals surface area contributed by atoms with Crippen LogP contribution in [0.2, 0.25) is 0 Å². The second kappa shape index (κ2) is 6.86. The molecule has 0 saturated carbocycles. The zero-order valence-electron chi connectivity index (χ0n) is 13.7.